The number of amides is 1. The first-order chi connectivity index (χ1) is 16.0. The molecule has 0 radical (unpaired) electrons. The van der Waals surface area contributed by atoms with Gasteiger partial charge in [-0.25, -0.2) is 0 Å². The summed E-state index contributed by atoms with van der Waals surface area (Å²) in [6.07, 6.45) is 0.760. The van der Waals surface area contributed by atoms with E-state index < -0.39 is 12.1 Å². The maximum Gasteiger partial charge on any atom is 0.257 e. The molecule has 0 fully saturated rings. The number of hydrogen-bond acceptors (Lipinski definition) is 4. The van der Waals surface area contributed by atoms with Gasteiger partial charge in [0.2, 0.25) is 0 Å². The Labute approximate surface area is 192 Å². The van der Waals surface area contributed by atoms with E-state index >= 15 is 0 Å². The molecule has 3 N–H and O–H groups in total. The van der Waals surface area contributed by atoms with Crippen molar-refractivity contribution in [2.24, 2.45) is 0 Å². The van der Waals surface area contributed by atoms with Crippen LogP contribution < -0.4 is 10.1 Å². The molecule has 6 nitrogen and oxygen atoms in total. The lowest BCUT2D eigenvalue weighted by Gasteiger charge is -2.21. The predicted molar refractivity (Wildman–Crippen MR) is 128 cm³/mol. The number of aromatic nitrogens is 1. The fraction of sp³-hybridized carbons (Fsp3) is 0.185. The highest BCUT2D eigenvalue weighted by Gasteiger charge is 2.23. The molecule has 1 unspecified atom stereocenters. The van der Waals surface area contributed by atoms with Gasteiger partial charge in [0.15, 0.2) is 0 Å². The average Bonchev–Trinajstić information content (AvgIpc) is 3.28. The highest BCUT2D eigenvalue weighted by Crippen LogP contribution is 2.29. The van der Waals surface area contributed by atoms with E-state index in [9.17, 15) is 15.2 Å². The number of benzene rings is 3. The minimum atomic E-state index is -1.10. The Morgan fingerprint density at radius 1 is 1.12 bits per heavy atom. The monoisotopic (exact) mass is 439 g/mol. The third-order valence-corrected chi connectivity index (χ3v) is 5.71. The van der Waals surface area contributed by atoms with Gasteiger partial charge in [-0.05, 0) is 53.9 Å². The number of nitrogens with one attached hydrogen (secondary N) is 2. The molecule has 166 valence electrons. The Morgan fingerprint density at radius 2 is 1.91 bits per heavy atom. The number of ether oxygens (including phenoxy) is 1. The average molecular weight is 440 g/mol. The number of para-hydroxylation sites is 1. The van der Waals surface area contributed by atoms with E-state index in [0.29, 0.717) is 23.5 Å². The van der Waals surface area contributed by atoms with Gasteiger partial charge in [-0.15, -0.1) is 0 Å². The summed E-state index contributed by atoms with van der Waals surface area (Å²) in [5.74, 6) is -0.339. The zero-order chi connectivity index (χ0) is 23.4. The lowest BCUT2D eigenvalue weighted by atomic mass is 9.98. The van der Waals surface area contributed by atoms with Crippen molar-refractivity contribution in [1.82, 2.24) is 10.3 Å². The number of rotatable bonds is 7. The van der Waals surface area contributed by atoms with E-state index in [4.69, 9.17) is 4.74 Å². The molecule has 4 rings (SSSR count). The molecule has 1 aromatic heterocycles. The molecule has 33 heavy (non-hydrogen) atoms. The van der Waals surface area contributed by atoms with Gasteiger partial charge in [0.25, 0.3) is 5.91 Å². The zero-order valence-corrected chi connectivity index (χ0v) is 18.5. The van der Waals surface area contributed by atoms with Crippen LogP contribution in [0, 0.1) is 11.3 Å². The van der Waals surface area contributed by atoms with Crippen molar-refractivity contribution >= 4 is 16.8 Å². The van der Waals surface area contributed by atoms with Crippen LogP contribution in [-0.4, -0.2) is 28.8 Å². The molecular weight excluding hydrogens is 414 g/mol. The number of carbonyl (C=O) groups is 1. The lowest BCUT2D eigenvalue weighted by molar-refractivity contribution is 0.0725. The summed E-state index contributed by atoms with van der Waals surface area (Å²) in [7, 11) is 0. The molecule has 0 aliphatic carbocycles. The maximum atomic E-state index is 13.2. The van der Waals surface area contributed by atoms with Crippen LogP contribution in [-0.2, 0) is 0 Å². The van der Waals surface area contributed by atoms with Crippen LogP contribution in [0.5, 0.6) is 5.75 Å². The number of aliphatic hydroxyl groups is 1. The van der Waals surface area contributed by atoms with Crippen LogP contribution in [0.1, 0.15) is 41.3 Å². The lowest BCUT2D eigenvalue weighted by Crippen LogP contribution is -2.38. The second-order valence-electron chi connectivity index (χ2n) is 7.83. The van der Waals surface area contributed by atoms with Gasteiger partial charge < -0.3 is 20.1 Å². The van der Waals surface area contributed by atoms with Crippen LogP contribution in [0.4, 0.5) is 0 Å². The Hall–Kier alpha value is -4.08. The smallest absolute Gasteiger partial charge is 0.257 e. The predicted octanol–water partition coefficient (Wildman–Crippen LogP) is 4.96. The van der Waals surface area contributed by atoms with Crippen molar-refractivity contribution in [3.8, 4) is 22.9 Å². The van der Waals surface area contributed by atoms with E-state index in [2.05, 4.69) is 16.4 Å². The summed E-state index contributed by atoms with van der Waals surface area (Å²) < 4.78 is 5.67. The molecule has 0 bridgehead atoms. The highest BCUT2D eigenvalue weighted by atomic mass is 16.5. The van der Waals surface area contributed by atoms with E-state index in [-0.39, 0.29) is 5.92 Å². The van der Waals surface area contributed by atoms with Crippen molar-refractivity contribution < 1.29 is 14.6 Å². The first-order valence-electron chi connectivity index (χ1n) is 10.8. The van der Waals surface area contributed by atoms with Gasteiger partial charge in [-0.1, -0.05) is 43.3 Å². The van der Waals surface area contributed by atoms with Gasteiger partial charge in [-0.2, -0.15) is 5.26 Å². The first kappa shape index (κ1) is 22.1. The molecule has 0 spiro atoms. The van der Waals surface area contributed by atoms with Crippen LogP contribution in [0.2, 0.25) is 0 Å². The fourth-order valence-electron chi connectivity index (χ4n) is 3.91. The summed E-state index contributed by atoms with van der Waals surface area (Å²) in [6.45, 7) is 4.12. The first-order valence-corrected chi connectivity index (χ1v) is 10.8. The number of H-pyrrole nitrogens is 1. The molecule has 0 aliphatic heterocycles. The molecule has 0 aliphatic rings. The quantitative estimate of drug-likeness (QED) is 0.355. The largest absolute Gasteiger partial charge is 0.493 e. The van der Waals surface area contributed by atoms with Crippen LogP contribution in [0.15, 0.2) is 72.9 Å². The van der Waals surface area contributed by atoms with E-state index in [1.165, 1.54) is 0 Å². The Bertz CT molecular complexity index is 1340. The molecule has 2 atom stereocenters. The minimum absolute atomic E-state index is 0.321. The Morgan fingerprint density at radius 3 is 2.70 bits per heavy atom. The van der Waals surface area contributed by atoms with Crippen LogP contribution >= 0.6 is 0 Å². The van der Waals surface area contributed by atoms with Crippen molar-refractivity contribution in [3.05, 3.63) is 89.6 Å². The SMILES string of the molecule is CCOc1ccc(-c2cccc(C#N)c2)cc1C(=O)N[C@H](O)C(C)c1c[nH]c2ccccc12. The summed E-state index contributed by atoms with van der Waals surface area (Å²) >= 11 is 0. The van der Waals surface area contributed by atoms with Gasteiger partial charge in [0.05, 0.1) is 23.8 Å². The second kappa shape index (κ2) is 9.60. The molecule has 4 aromatic rings. The van der Waals surface area contributed by atoms with Crippen molar-refractivity contribution in [1.29, 1.82) is 5.26 Å². The molecule has 0 saturated heterocycles. The zero-order valence-electron chi connectivity index (χ0n) is 18.5. The third-order valence-electron chi connectivity index (χ3n) is 5.71. The number of aliphatic hydroxyl groups excluding tert-OH is 1. The number of nitrogens with zero attached hydrogens (tertiary/aromatic N) is 1. The van der Waals surface area contributed by atoms with Crippen LogP contribution in [0.3, 0.4) is 0 Å². The van der Waals surface area contributed by atoms with E-state index in [0.717, 1.165) is 27.6 Å². The highest BCUT2D eigenvalue weighted by molar-refractivity contribution is 5.98. The molecule has 1 heterocycles. The fourth-order valence-corrected chi connectivity index (χ4v) is 3.91. The Kier molecular flexibility index (Phi) is 6.43. The summed E-state index contributed by atoms with van der Waals surface area (Å²) in [4.78, 5) is 16.4. The molecular formula is C27H25N3O3. The number of hydrogen-bond donors (Lipinski definition) is 3. The van der Waals surface area contributed by atoms with E-state index in [1.54, 1.807) is 30.3 Å². The Balaban J connectivity index is 1.61. The van der Waals surface area contributed by atoms with Gasteiger partial charge >= 0.3 is 0 Å². The van der Waals surface area contributed by atoms with Crippen molar-refractivity contribution in [2.45, 2.75) is 26.0 Å². The van der Waals surface area contributed by atoms with Gasteiger partial charge in [0.1, 0.15) is 12.0 Å². The number of nitriles is 1. The summed E-state index contributed by atoms with van der Waals surface area (Å²) in [6, 6.07) is 22.5. The molecule has 3 aromatic carbocycles. The maximum absolute atomic E-state index is 13.2. The van der Waals surface area contributed by atoms with Crippen molar-refractivity contribution in [2.75, 3.05) is 6.61 Å². The van der Waals surface area contributed by atoms with Gasteiger partial charge in [0, 0.05) is 23.0 Å². The summed E-state index contributed by atoms with van der Waals surface area (Å²) in [5, 5.41) is 23.8. The number of carbonyl (C=O) groups excluding carboxylic acids is 1. The van der Waals surface area contributed by atoms with Gasteiger partial charge in [-0.3, -0.25) is 4.79 Å². The van der Waals surface area contributed by atoms with Crippen molar-refractivity contribution in [3.63, 3.8) is 0 Å². The normalized spacial score (nSPS) is 12.7. The molecule has 1 amide bonds. The minimum Gasteiger partial charge on any atom is -0.493 e. The topological polar surface area (TPSA) is 98.1 Å². The number of fused-ring (bicyclic) bond motifs is 1. The molecule has 0 saturated carbocycles. The second-order valence-corrected chi connectivity index (χ2v) is 7.83. The standard InChI is InChI=1S/C27H25N3O3/c1-3-33-25-12-11-20(19-8-6-7-18(13-19)15-28)14-22(25)27(32)30-26(31)17(2)23-16-29-24-10-5-4-9-21(23)24/h4-14,16-17,26,29,31H,3H2,1-2H3,(H,30,32)/t17?,26-/m1/s1. The summed E-state index contributed by atoms with van der Waals surface area (Å²) in [5.41, 5.74) is 4.35. The third kappa shape index (κ3) is 4.59. The number of aromatic amines is 1. The van der Waals surface area contributed by atoms with Crippen LogP contribution in [0.25, 0.3) is 22.0 Å². The molecule has 6 heteroatoms. The van der Waals surface area contributed by atoms with E-state index in [1.807, 2.05) is 56.4 Å².